The molecule has 4 rings (SSSR count). The van der Waals surface area contributed by atoms with Crippen LogP contribution in [0.3, 0.4) is 0 Å². The van der Waals surface area contributed by atoms with Crippen LogP contribution in [-0.2, 0) is 6.54 Å². The molecule has 7 nitrogen and oxygen atoms in total. The molecule has 2 aromatic carbocycles. The largest absolute Gasteiger partial charge is 0.422 e. The number of carbonyl (C=O) groups excluding carboxylic acids is 1. The molecule has 2 heterocycles. The zero-order chi connectivity index (χ0) is 18.8. The fourth-order valence-corrected chi connectivity index (χ4v) is 2.86. The number of fused-ring (bicyclic) bond motifs is 1. The van der Waals surface area contributed by atoms with Gasteiger partial charge in [-0.3, -0.25) is 4.79 Å². The molecular formula is C20H16N4O3. The summed E-state index contributed by atoms with van der Waals surface area (Å²) >= 11 is 0. The first-order valence-electron chi connectivity index (χ1n) is 8.48. The van der Waals surface area contributed by atoms with E-state index in [1.54, 1.807) is 36.7 Å². The van der Waals surface area contributed by atoms with Crippen molar-refractivity contribution in [3.05, 3.63) is 76.9 Å². The lowest BCUT2D eigenvalue weighted by Crippen LogP contribution is -2.20. The monoisotopic (exact) mass is 360 g/mol. The maximum atomic E-state index is 12.6. The predicted octanol–water partition coefficient (Wildman–Crippen LogP) is 3.32. The fraction of sp³-hybridized carbons (Fsp3) is 0.100. The van der Waals surface area contributed by atoms with Crippen molar-refractivity contribution in [3.63, 3.8) is 0 Å². The molecule has 0 spiro atoms. The number of aromatic nitrogens is 3. The van der Waals surface area contributed by atoms with Crippen LogP contribution in [0.25, 0.3) is 22.4 Å². The Kier molecular flexibility index (Phi) is 4.25. The summed E-state index contributed by atoms with van der Waals surface area (Å²) in [6.07, 6.45) is 1.65. The Morgan fingerprint density at radius 3 is 2.85 bits per heavy atom. The molecule has 4 aromatic rings. The molecule has 0 fully saturated rings. The Bertz CT molecular complexity index is 1190. The third-order valence-corrected chi connectivity index (χ3v) is 4.22. The predicted molar refractivity (Wildman–Crippen MR) is 102 cm³/mol. The van der Waals surface area contributed by atoms with Crippen molar-refractivity contribution >= 4 is 22.6 Å². The summed E-state index contributed by atoms with van der Waals surface area (Å²) in [7, 11) is 0. The van der Waals surface area contributed by atoms with Crippen molar-refractivity contribution < 1.29 is 9.21 Å². The van der Waals surface area contributed by atoms with E-state index in [9.17, 15) is 9.59 Å². The van der Waals surface area contributed by atoms with E-state index in [4.69, 9.17) is 4.42 Å². The van der Waals surface area contributed by atoms with Gasteiger partial charge < -0.3 is 14.3 Å². The Balaban J connectivity index is 1.65. The molecule has 0 aliphatic heterocycles. The van der Waals surface area contributed by atoms with Crippen molar-refractivity contribution in [2.24, 2.45) is 0 Å². The van der Waals surface area contributed by atoms with E-state index in [0.717, 1.165) is 12.1 Å². The minimum absolute atomic E-state index is 0.0455. The van der Waals surface area contributed by atoms with Gasteiger partial charge in [-0.15, -0.1) is 10.2 Å². The normalized spacial score (nSPS) is 10.9. The zero-order valence-corrected chi connectivity index (χ0v) is 14.5. The maximum Gasteiger partial charge on any atom is 0.349 e. The molecule has 0 bridgehead atoms. The fourth-order valence-electron chi connectivity index (χ4n) is 2.86. The van der Waals surface area contributed by atoms with Gasteiger partial charge in [0.15, 0.2) is 5.82 Å². The number of nitrogens with one attached hydrogen (secondary N) is 1. The van der Waals surface area contributed by atoms with Gasteiger partial charge in [-0.2, -0.15) is 0 Å². The van der Waals surface area contributed by atoms with E-state index in [2.05, 4.69) is 15.5 Å². The van der Waals surface area contributed by atoms with Gasteiger partial charge in [-0.25, -0.2) is 4.79 Å². The molecule has 0 saturated heterocycles. The second-order valence-electron chi connectivity index (χ2n) is 5.96. The van der Waals surface area contributed by atoms with Gasteiger partial charge in [0, 0.05) is 23.2 Å². The molecular weight excluding hydrogens is 344 g/mol. The summed E-state index contributed by atoms with van der Waals surface area (Å²) in [6.45, 7) is 2.73. The first-order chi connectivity index (χ1) is 13.2. The lowest BCUT2D eigenvalue weighted by molar-refractivity contribution is 0.102. The van der Waals surface area contributed by atoms with Crippen molar-refractivity contribution in [1.29, 1.82) is 0 Å². The van der Waals surface area contributed by atoms with Gasteiger partial charge in [0.2, 0.25) is 0 Å². The highest BCUT2D eigenvalue weighted by Gasteiger charge is 2.15. The Morgan fingerprint density at radius 2 is 2.00 bits per heavy atom. The molecule has 0 saturated carbocycles. The maximum absolute atomic E-state index is 12.6. The van der Waals surface area contributed by atoms with E-state index in [-0.39, 0.29) is 5.56 Å². The summed E-state index contributed by atoms with van der Waals surface area (Å²) in [4.78, 5) is 24.7. The molecule has 0 atom stereocenters. The number of hydrogen-bond acceptors (Lipinski definition) is 5. The van der Waals surface area contributed by atoms with Crippen LogP contribution in [0, 0.1) is 0 Å². The van der Waals surface area contributed by atoms with E-state index < -0.39 is 11.5 Å². The lowest BCUT2D eigenvalue weighted by Gasteiger charge is -2.08. The third-order valence-electron chi connectivity index (χ3n) is 4.22. The van der Waals surface area contributed by atoms with Gasteiger partial charge in [0.25, 0.3) is 5.91 Å². The second-order valence-corrected chi connectivity index (χ2v) is 5.96. The average molecular weight is 360 g/mol. The average Bonchev–Trinajstić information content (AvgIpc) is 3.16. The first-order valence-corrected chi connectivity index (χ1v) is 8.48. The molecule has 7 heteroatoms. The van der Waals surface area contributed by atoms with E-state index >= 15 is 0 Å². The highest BCUT2D eigenvalue weighted by Crippen LogP contribution is 2.21. The van der Waals surface area contributed by atoms with Gasteiger partial charge in [-0.05, 0) is 31.2 Å². The van der Waals surface area contributed by atoms with Crippen LogP contribution < -0.4 is 10.9 Å². The van der Waals surface area contributed by atoms with Gasteiger partial charge in [0.05, 0.1) is 0 Å². The number of hydrogen-bond donors (Lipinski definition) is 1. The topological polar surface area (TPSA) is 90.0 Å². The number of benzene rings is 2. The van der Waals surface area contributed by atoms with Crippen LogP contribution in [0.15, 0.2) is 70.1 Å². The quantitative estimate of drug-likeness (QED) is 0.564. The molecule has 0 aliphatic carbocycles. The smallest absolute Gasteiger partial charge is 0.349 e. The van der Waals surface area contributed by atoms with Crippen LogP contribution in [-0.4, -0.2) is 20.7 Å². The van der Waals surface area contributed by atoms with Crippen LogP contribution in [0.4, 0.5) is 5.69 Å². The highest BCUT2D eigenvalue weighted by atomic mass is 16.4. The van der Waals surface area contributed by atoms with Crippen LogP contribution in [0.5, 0.6) is 0 Å². The summed E-state index contributed by atoms with van der Waals surface area (Å²) in [5.74, 6) is 0.183. The Morgan fingerprint density at radius 1 is 1.15 bits per heavy atom. The second kappa shape index (κ2) is 6.87. The minimum atomic E-state index is -0.673. The Labute approximate surface area is 154 Å². The molecule has 0 radical (unpaired) electrons. The van der Waals surface area contributed by atoms with Crippen LogP contribution >= 0.6 is 0 Å². The van der Waals surface area contributed by atoms with Crippen molar-refractivity contribution in [2.75, 3.05) is 5.32 Å². The van der Waals surface area contributed by atoms with Gasteiger partial charge >= 0.3 is 5.63 Å². The molecule has 1 N–H and O–H groups in total. The highest BCUT2D eigenvalue weighted by molar-refractivity contribution is 6.05. The van der Waals surface area contributed by atoms with Crippen molar-refractivity contribution in [3.8, 4) is 11.4 Å². The summed E-state index contributed by atoms with van der Waals surface area (Å²) in [6, 6.07) is 15.8. The van der Waals surface area contributed by atoms with Gasteiger partial charge in [0.1, 0.15) is 17.5 Å². The standard InChI is InChI=1S/C20H16N4O3/c1-2-24-12-21-23-18(24)14-7-5-8-15(10-14)22-19(25)16-11-13-6-3-4-9-17(13)27-20(16)26/h3-12H,2H2,1H3,(H,22,25). The molecule has 2 aromatic heterocycles. The van der Waals surface area contributed by atoms with E-state index in [0.29, 0.717) is 22.5 Å². The summed E-state index contributed by atoms with van der Waals surface area (Å²) < 4.78 is 7.13. The summed E-state index contributed by atoms with van der Waals surface area (Å²) in [5, 5.41) is 11.5. The van der Waals surface area contributed by atoms with E-state index in [1.165, 1.54) is 6.07 Å². The number of para-hydroxylation sites is 1. The molecule has 1 amide bonds. The first kappa shape index (κ1) is 16.7. The molecule has 134 valence electrons. The van der Waals surface area contributed by atoms with Crippen molar-refractivity contribution in [1.82, 2.24) is 14.8 Å². The molecule has 0 aliphatic rings. The SMILES string of the molecule is CCn1cnnc1-c1cccc(NC(=O)c2cc3ccccc3oc2=O)c1. The van der Waals surface area contributed by atoms with Gasteiger partial charge in [-0.1, -0.05) is 30.3 Å². The van der Waals surface area contributed by atoms with Crippen molar-refractivity contribution in [2.45, 2.75) is 13.5 Å². The van der Waals surface area contributed by atoms with Crippen LogP contribution in [0.1, 0.15) is 17.3 Å². The summed E-state index contributed by atoms with van der Waals surface area (Å²) in [5.41, 5.74) is 1.09. The third kappa shape index (κ3) is 3.22. The number of rotatable bonds is 4. The zero-order valence-electron chi connectivity index (χ0n) is 14.5. The number of amides is 1. The molecule has 27 heavy (non-hydrogen) atoms. The Hall–Kier alpha value is -3.74. The number of nitrogens with zero attached hydrogens (tertiary/aromatic N) is 3. The van der Waals surface area contributed by atoms with E-state index in [1.807, 2.05) is 29.7 Å². The lowest BCUT2D eigenvalue weighted by atomic mass is 10.1. The molecule has 0 unspecified atom stereocenters. The number of carbonyl (C=O) groups is 1. The van der Waals surface area contributed by atoms with Crippen LogP contribution in [0.2, 0.25) is 0 Å². The minimum Gasteiger partial charge on any atom is -0.422 e. The number of anilines is 1. The number of aryl methyl sites for hydroxylation is 1.